The van der Waals surface area contributed by atoms with Crippen LogP contribution in [0.15, 0.2) is 0 Å². The van der Waals surface area contributed by atoms with Crippen LogP contribution in [0.3, 0.4) is 0 Å². The van der Waals surface area contributed by atoms with E-state index in [1.165, 1.54) is 0 Å². The summed E-state index contributed by atoms with van der Waals surface area (Å²) in [6, 6.07) is 2.28. The first kappa shape index (κ1) is 19.5. The van der Waals surface area contributed by atoms with Crippen LogP contribution in [0.25, 0.3) is 0 Å². The van der Waals surface area contributed by atoms with Crippen molar-refractivity contribution in [2.45, 2.75) is 51.4 Å². The zero-order valence-corrected chi connectivity index (χ0v) is 17.1. The van der Waals surface area contributed by atoms with Gasteiger partial charge in [-0.15, -0.1) is 0 Å². The van der Waals surface area contributed by atoms with E-state index in [-0.39, 0.29) is 0 Å². The Morgan fingerprint density at radius 2 is 1.00 bits per heavy atom. The highest BCUT2D eigenvalue weighted by Gasteiger charge is 2.39. The van der Waals surface area contributed by atoms with Crippen molar-refractivity contribution < 1.29 is 8.23 Å². The molecule has 0 aromatic heterocycles. The van der Waals surface area contributed by atoms with Gasteiger partial charge < -0.3 is 18.9 Å². The summed E-state index contributed by atoms with van der Waals surface area (Å²) in [4.78, 5) is 0. The molecule has 2 N–H and O–H groups in total. The van der Waals surface area contributed by atoms with E-state index in [2.05, 4.69) is 49.9 Å². The van der Waals surface area contributed by atoms with Crippen LogP contribution in [-0.4, -0.2) is 52.4 Å². The molecule has 0 fully saturated rings. The van der Waals surface area contributed by atoms with E-state index in [1.54, 1.807) is 0 Å². The fraction of sp³-hybridized carbons (Fsp3) is 1.00. The Kier molecular flexibility index (Phi) is 8.27. The molecule has 116 valence electrons. The summed E-state index contributed by atoms with van der Waals surface area (Å²) in [5, 5.41) is 6.43. The Labute approximate surface area is 123 Å². The van der Waals surface area contributed by atoms with E-state index in [1.807, 2.05) is 14.1 Å². The van der Waals surface area contributed by atoms with Crippen LogP contribution >= 0.6 is 0 Å². The summed E-state index contributed by atoms with van der Waals surface area (Å²) >= 11 is 0. The van der Waals surface area contributed by atoms with Crippen LogP contribution in [-0.2, 0) is 8.23 Å². The van der Waals surface area contributed by atoms with Gasteiger partial charge in [0.2, 0.25) is 0 Å². The minimum atomic E-state index is -2.01. The number of rotatable bonds is 10. The van der Waals surface area contributed by atoms with Crippen LogP contribution in [0, 0.1) is 0 Å². The van der Waals surface area contributed by atoms with Crippen molar-refractivity contribution in [3.8, 4) is 0 Å². The van der Waals surface area contributed by atoms with Gasteiger partial charge in [0.1, 0.15) is 0 Å². The van der Waals surface area contributed by atoms with Gasteiger partial charge in [0.15, 0.2) is 16.6 Å². The summed E-state index contributed by atoms with van der Waals surface area (Å²) in [6.45, 7) is 15.7. The Balaban J connectivity index is 4.44. The molecule has 0 aromatic rings. The molecule has 0 bridgehead atoms. The molecular formula is C12H34N2O2Si3. The molecule has 0 radical (unpaired) electrons. The van der Waals surface area contributed by atoms with Crippen molar-refractivity contribution in [3.05, 3.63) is 0 Å². The van der Waals surface area contributed by atoms with Gasteiger partial charge in [-0.1, -0.05) is 0 Å². The molecule has 0 aromatic carbocycles. The largest absolute Gasteiger partial charge is 0.436 e. The average Bonchev–Trinajstić information content (AvgIpc) is 2.20. The lowest BCUT2D eigenvalue weighted by Crippen LogP contribution is -2.53. The van der Waals surface area contributed by atoms with Crippen molar-refractivity contribution >= 4 is 25.2 Å². The standard InChI is InChI=1S/C12H34N2O2Si3/c1-13-9-11-17(3,4)15-19(7,8)16-18(5,6)12-10-14-2/h13-14H,9-12H2,1-8H3. The molecule has 0 aliphatic carbocycles. The predicted molar refractivity (Wildman–Crippen MR) is 92.1 cm³/mol. The van der Waals surface area contributed by atoms with Gasteiger partial charge in [-0.25, -0.2) is 0 Å². The SMILES string of the molecule is CNCC[Si](C)(C)O[Si](C)(C)O[Si](C)(C)CCNC. The zero-order valence-electron chi connectivity index (χ0n) is 14.1. The average molecular weight is 323 g/mol. The molecule has 0 aliphatic heterocycles. The second-order valence-corrected chi connectivity index (χ2v) is 19.3. The summed E-state index contributed by atoms with van der Waals surface area (Å²) in [5.41, 5.74) is 0. The molecule has 0 aliphatic rings. The molecule has 0 heterocycles. The molecule has 4 nitrogen and oxygen atoms in total. The molecule has 0 saturated carbocycles. The maximum absolute atomic E-state index is 6.47. The lowest BCUT2D eigenvalue weighted by Gasteiger charge is -2.38. The summed E-state index contributed by atoms with van der Waals surface area (Å²) in [7, 11) is -1.23. The molecule has 0 saturated heterocycles. The fourth-order valence-electron chi connectivity index (χ4n) is 2.31. The highest BCUT2D eigenvalue weighted by Crippen LogP contribution is 2.24. The second-order valence-electron chi connectivity index (χ2n) is 6.83. The van der Waals surface area contributed by atoms with Crippen molar-refractivity contribution in [1.29, 1.82) is 0 Å². The van der Waals surface area contributed by atoms with E-state index in [0.29, 0.717) is 0 Å². The highest BCUT2D eigenvalue weighted by molar-refractivity contribution is 6.87. The summed E-state index contributed by atoms with van der Waals surface area (Å²) < 4.78 is 12.9. The zero-order chi connectivity index (χ0) is 15.2. The molecule has 0 rings (SSSR count). The minimum absolute atomic E-state index is 1.03. The topological polar surface area (TPSA) is 42.5 Å². The van der Waals surface area contributed by atoms with Crippen molar-refractivity contribution in [3.63, 3.8) is 0 Å². The predicted octanol–water partition coefficient (Wildman–Crippen LogP) is 2.57. The normalized spacial score (nSPS) is 13.9. The molecule has 0 spiro atoms. The van der Waals surface area contributed by atoms with Gasteiger partial charge in [0.05, 0.1) is 0 Å². The van der Waals surface area contributed by atoms with Gasteiger partial charge in [-0.2, -0.15) is 0 Å². The van der Waals surface area contributed by atoms with Crippen LogP contribution in [0.2, 0.25) is 51.4 Å². The fourth-order valence-corrected chi connectivity index (χ4v) is 16.0. The van der Waals surface area contributed by atoms with Crippen LogP contribution in [0.4, 0.5) is 0 Å². The van der Waals surface area contributed by atoms with Crippen molar-refractivity contribution in [2.75, 3.05) is 27.2 Å². The Morgan fingerprint density at radius 1 is 0.684 bits per heavy atom. The van der Waals surface area contributed by atoms with E-state index < -0.39 is 25.2 Å². The van der Waals surface area contributed by atoms with Gasteiger partial charge >= 0.3 is 8.56 Å². The van der Waals surface area contributed by atoms with E-state index >= 15 is 0 Å². The Bertz CT molecular complexity index is 237. The highest BCUT2D eigenvalue weighted by atomic mass is 28.5. The molecule has 0 unspecified atom stereocenters. The van der Waals surface area contributed by atoms with Gasteiger partial charge in [-0.3, -0.25) is 0 Å². The molecule has 0 atom stereocenters. The van der Waals surface area contributed by atoms with Gasteiger partial charge in [0.25, 0.3) is 0 Å². The smallest absolute Gasteiger partial charge is 0.311 e. The first-order chi connectivity index (χ1) is 8.54. The lowest BCUT2D eigenvalue weighted by molar-refractivity contribution is 0.387. The molecule has 19 heavy (non-hydrogen) atoms. The third kappa shape index (κ3) is 9.94. The first-order valence-corrected chi connectivity index (χ1v) is 16.3. The van der Waals surface area contributed by atoms with Crippen LogP contribution in [0.1, 0.15) is 0 Å². The Hall–Kier alpha value is 0.491. The van der Waals surface area contributed by atoms with Gasteiger partial charge in [0, 0.05) is 0 Å². The lowest BCUT2D eigenvalue weighted by atomic mass is 10.8. The minimum Gasteiger partial charge on any atom is -0.436 e. The monoisotopic (exact) mass is 322 g/mol. The van der Waals surface area contributed by atoms with E-state index in [0.717, 1.165) is 25.2 Å². The third-order valence-corrected chi connectivity index (χ3v) is 14.3. The first-order valence-electron chi connectivity index (χ1n) is 7.23. The summed E-state index contributed by atoms with van der Waals surface area (Å²) in [6.07, 6.45) is 0. The van der Waals surface area contributed by atoms with E-state index in [4.69, 9.17) is 8.23 Å². The number of hydrogen-bond donors (Lipinski definition) is 2. The van der Waals surface area contributed by atoms with Crippen molar-refractivity contribution in [1.82, 2.24) is 10.6 Å². The van der Waals surface area contributed by atoms with Crippen molar-refractivity contribution in [2.24, 2.45) is 0 Å². The van der Waals surface area contributed by atoms with Gasteiger partial charge in [-0.05, 0) is 78.6 Å². The molecule has 7 heteroatoms. The Morgan fingerprint density at radius 3 is 1.26 bits per heavy atom. The quantitative estimate of drug-likeness (QED) is 0.607. The van der Waals surface area contributed by atoms with Crippen LogP contribution in [0.5, 0.6) is 0 Å². The number of nitrogens with one attached hydrogen (secondary N) is 2. The maximum atomic E-state index is 6.47. The van der Waals surface area contributed by atoms with Crippen LogP contribution < -0.4 is 10.6 Å². The molecule has 0 amide bonds. The summed E-state index contributed by atoms with van der Waals surface area (Å²) in [5.74, 6) is 0. The third-order valence-electron chi connectivity index (χ3n) is 3.00. The maximum Gasteiger partial charge on any atom is 0.311 e. The molecular weight excluding hydrogens is 288 g/mol. The second kappa shape index (κ2) is 8.06. The van der Waals surface area contributed by atoms with E-state index in [9.17, 15) is 0 Å². The number of hydrogen-bond acceptors (Lipinski definition) is 4.